The van der Waals surface area contributed by atoms with Gasteiger partial charge in [-0.3, -0.25) is 0 Å². The number of benzene rings is 1. The number of hydrogen-bond donors (Lipinski definition) is 1. The van der Waals surface area contributed by atoms with Gasteiger partial charge in [0.25, 0.3) is 5.92 Å². The van der Waals surface area contributed by atoms with Crippen LogP contribution in [0.25, 0.3) is 0 Å². The SMILES string of the molecule is O/N=C1/CC(c2ccc(Cl)cc2)CC1(F)F. The Morgan fingerprint density at radius 2 is 1.94 bits per heavy atom. The van der Waals surface area contributed by atoms with Crippen LogP contribution in [0, 0.1) is 0 Å². The van der Waals surface area contributed by atoms with Crippen molar-refractivity contribution in [2.75, 3.05) is 0 Å². The molecule has 0 radical (unpaired) electrons. The van der Waals surface area contributed by atoms with Crippen molar-refractivity contribution in [1.29, 1.82) is 0 Å². The van der Waals surface area contributed by atoms with Crippen LogP contribution in [0.4, 0.5) is 8.78 Å². The summed E-state index contributed by atoms with van der Waals surface area (Å²) in [5.74, 6) is -3.31. The molecule has 1 aromatic carbocycles. The van der Waals surface area contributed by atoms with Crippen molar-refractivity contribution < 1.29 is 14.0 Å². The molecule has 0 bridgehead atoms. The highest BCUT2D eigenvalue weighted by Gasteiger charge is 2.46. The van der Waals surface area contributed by atoms with Gasteiger partial charge < -0.3 is 5.21 Å². The fourth-order valence-electron chi connectivity index (χ4n) is 1.97. The summed E-state index contributed by atoms with van der Waals surface area (Å²) in [6.45, 7) is 0. The average molecular weight is 246 g/mol. The van der Waals surface area contributed by atoms with Gasteiger partial charge in [0.15, 0.2) is 0 Å². The second-order valence-electron chi connectivity index (χ2n) is 3.91. The summed E-state index contributed by atoms with van der Waals surface area (Å²) in [6, 6.07) is 6.79. The summed E-state index contributed by atoms with van der Waals surface area (Å²) in [5.41, 5.74) is 0.357. The van der Waals surface area contributed by atoms with Crippen LogP contribution >= 0.6 is 11.6 Å². The number of oxime groups is 1. The van der Waals surface area contributed by atoms with Crippen LogP contribution in [0.1, 0.15) is 24.3 Å². The molecule has 5 heteroatoms. The van der Waals surface area contributed by atoms with Crippen LogP contribution in [-0.4, -0.2) is 16.8 Å². The number of rotatable bonds is 1. The molecule has 1 saturated carbocycles. The minimum atomic E-state index is -3.00. The lowest BCUT2D eigenvalue weighted by molar-refractivity contribution is 0.0724. The van der Waals surface area contributed by atoms with E-state index in [4.69, 9.17) is 16.8 Å². The fourth-order valence-corrected chi connectivity index (χ4v) is 2.09. The highest BCUT2D eigenvalue weighted by molar-refractivity contribution is 6.30. The van der Waals surface area contributed by atoms with Gasteiger partial charge in [0.1, 0.15) is 5.71 Å². The molecule has 0 spiro atoms. The quantitative estimate of drug-likeness (QED) is 0.594. The van der Waals surface area contributed by atoms with Gasteiger partial charge in [0.2, 0.25) is 0 Å². The van der Waals surface area contributed by atoms with Crippen LogP contribution in [0.3, 0.4) is 0 Å². The molecule has 0 aliphatic heterocycles. The van der Waals surface area contributed by atoms with Crippen molar-refractivity contribution >= 4 is 17.3 Å². The van der Waals surface area contributed by atoms with Gasteiger partial charge in [0.05, 0.1) is 0 Å². The van der Waals surface area contributed by atoms with E-state index >= 15 is 0 Å². The molecule has 86 valence electrons. The van der Waals surface area contributed by atoms with Crippen LogP contribution in [-0.2, 0) is 0 Å². The van der Waals surface area contributed by atoms with E-state index in [-0.39, 0.29) is 18.8 Å². The molecule has 1 atom stereocenters. The largest absolute Gasteiger partial charge is 0.411 e. The van der Waals surface area contributed by atoms with Gasteiger partial charge >= 0.3 is 0 Å². The highest BCUT2D eigenvalue weighted by atomic mass is 35.5. The standard InChI is InChI=1S/C11H10ClF2NO/c12-9-3-1-7(2-4-9)8-5-10(15-16)11(13,14)6-8/h1-4,8,16H,5-6H2/b15-10-. The van der Waals surface area contributed by atoms with Gasteiger partial charge in [-0.15, -0.1) is 0 Å². The lowest BCUT2D eigenvalue weighted by Crippen LogP contribution is -2.21. The molecule has 2 rings (SSSR count). The molecule has 1 N–H and O–H groups in total. The third-order valence-corrected chi connectivity index (χ3v) is 3.08. The summed E-state index contributed by atoms with van der Waals surface area (Å²) in [6.07, 6.45) is -0.223. The molecule has 1 aliphatic rings. The summed E-state index contributed by atoms with van der Waals surface area (Å²) in [5, 5.41) is 11.7. The summed E-state index contributed by atoms with van der Waals surface area (Å²) >= 11 is 5.72. The molecule has 1 aliphatic carbocycles. The maximum Gasteiger partial charge on any atom is 0.289 e. The highest BCUT2D eigenvalue weighted by Crippen LogP contribution is 2.42. The lowest BCUT2D eigenvalue weighted by atomic mass is 9.98. The molecule has 1 unspecified atom stereocenters. The van der Waals surface area contributed by atoms with Gasteiger partial charge in [-0.2, -0.15) is 8.78 Å². The van der Waals surface area contributed by atoms with Crippen molar-refractivity contribution in [3.8, 4) is 0 Å². The zero-order valence-electron chi connectivity index (χ0n) is 8.33. The van der Waals surface area contributed by atoms with Crippen molar-refractivity contribution in [3.63, 3.8) is 0 Å². The summed E-state index contributed by atoms with van der Waals surface area (Å²) in [7, 11) is 0. The Morgan fingerprint density at radius 3 is 2.44 bits per heavy atom. The number of halogens is 3. The van der Waals surface area contributed by atoms with Crippen molar-refractivity contribution in [2.45, 2.75) is 24.7 Å². The maximum atomic E-state index is 13.3. The van der Waals surface area contributed by atoms with Gasteiger partial charge in [-0.05, 0) is 23.6 Å². The van der Waals surface area contributed by atoms with Crippen LogP contribution in [0.15, 0.2) is 29.4 Å². The lowest BCUT2D eigenvalue weighted by Gasteiger charge is -2.09. The molecule has 0 aromatic heterocycles. The van der Waals surface area contributed by atoms with E-state index in [1.54, 1.807) is 24.3 Å². The normalized spacial score (nSPS) is 26.2. The van der Waals surface area contributed by atoms with E-state index in [2.05, 4.69) is 5.16 Å². The smallest absolute Gasteiger partial charge is 0.289 e. The Hall–Kier alpha value is -1.16. The zero-order valence-corrected chi connectivity index (χ0v) is 9.09. The van der Waals surface area contributed by atoms with E-state index in [9.17, 15) is 8.78 Å². The number of nitrogens with zero attached hydrogens (tertiary/aromatic N) is 1. The Labute approximate surface area is 96.5 Å². The first-order valence-corrected chi connectivity index (χ1v) is 5.25. The first-order valence-electron chi connectivity index (χ1n) is 4.87. The summed E-state index contributed by atoms with van der Waals surface area (Å²) in [4.78, 5) is 0. The predicted molar refractivity (Wildman–Crippen MR) is 57.6 cm³/mol. The van der Waals surface area contributed by atoms with Gasteiger partial charge in [-0.1, -0.05) is 28.9 Å². The second-order valence-corrected chi connectivity index (χ2v) is 4.34. The Morgan fingerprint density at radius 1 is 1.31 bits per heavy atom. The minimum absolute atomic E-state index is 0.0884. The van der Waals surface area contributed by atoms with Gasteiger partial charge in [0, 0.05) is 17.9 Å². The first kappa shape index (κ1) is 11.3. The summed E-state index contributed by atoms with van der Waals surface area (Å²) < 4.78 is 26.6. The van der Waals surface area contributed by atoms with Crippen molar-refractivity contribution in [2.24, 2.45) is 5.16 Å². The second kappa shape index (κ2) is 4.01. The third kappa shape index (κ3) is 2.02. The molecule has 2 nitrogen and oxygen atoms in total. The topological polar surface area (TPSA) is 32.6 Å². The molecule has 0 amide bonds. The molecule has 0 saturated heterocycles. The number of alkyl halides is 2. The monoisotopic (exact) mass is 245 g/mol. The molecular formula is C11H10ClF2NO. The van der Waals surface area contributed by atoms with Crippen molar-refractivity contribution in [3.05, 3.63) is 34.9 Å². The van der Waals surface area contributed by atoms with E-state index < -0.39 is 11.6 Å². The Kier molecular flexibility index (Phi) is 2.84. The molecule has 0 heterocycles. The fraction of sp³-hybridized carbons (Fsp3) is 0.364. The van der Waals surface area contributed by atoms with Crippen LogP contribution in [0.2, 0.25) is 5.02 Å². The van der Waals surface area contributed by atoms with Crippen LogP contribution < -0.4 is 0 Å². The van der Waals surface area contributed by atoms with E-state index in [0.717, 1.165) is 5.56 Å². The van der Waals surface area contributed by atoms with E-state index in [1.165, 1.54) is 0 Å². The predicted octanol–water partition coefficient (Wildman–Crippen LogP) is 3.68. The number of hydrogen-bond acceptors (Lipinski definition) is 2. The first-order chi connectivity index (χ1) is 7.53. The average Bonchev–Trinajstić information content (AvgIpc) is 2.54. The minimum Gasteiger partial charge on any atom is -0.411 e. The maximum absolute atomic E-state index is 13.3. The van der Waals surface area contributed by atoms with Crippen molar-refractivity contribution in [1.82, 2.24) is 0 Å². The van der Waals surface area contributed by atoms with Crippen LogP contribution in [0.5, 0.6) is 0 Å². The molecular weight excluding hydrogens is 236 g/mol. The molecule has 1 fully saturated rings. The molecule has 1 aromatic rings. The third-order valence-electron chi connectivity index (χ3n) is 2.83. The van der Waals surface area contributed by atoms with E-state index in [0.29, 0.717) is 5.02 Å². The Bertz CT molecular complexity index is 416. The van der Waals surface area contributed by atoms with E-state index in [1.807, 2.05) is 0 Å². The zero-order chi connectivity index (χ0) is 11.8. The Balaban J connectivity index is 2.23. The van der Waals surface area contributed by atoms with Gasteiger partial charge in [-0.25, -0.2) is 0 Å². The molecule has 16 heavy (non-hydrogen) atoms.